The summed E-state index contributed by atoms with van der Waals surface area (Å²) in [6.45, 7) is 6.76. The molecule has 0 N–H and O–H groups in total. The Kier molecular flexibility index (Phi) is 11.4. The van der Waals surface area contributed by atoms with E-state index in [1.165, 1.54) is 0 Å². The van der Waals surface area contributed by atoms with Gasteiger partial charge in [-0.15, -0.1) is 0 Å². The topological polar surface area (TPSA) is 46.2 Å². The average molecular weight is 928 g/mol. The van der Waals surface area contributed by atoms with Gasteiger partial charge in [-0.3, -0.25) is 0 Å². The van der Waals surface area contributed by atoms with Crippen LogP contribution in [0, 0.1) is 10.8 Å². The fourth-order valence-corrected chi connectivity index (χ4v) is 8.09. The van der Waals surface area contributed by atoms with Gasteiger partial charge in [0.1, 0.15) is 21.2 Å². The molecule has 0 radical (unpaired) electrons. The highest BCUT2D eigenvalue weighted by atomic mass is 79.9. The number of hydrogen-bond acceptors (Lipinski definition) is 5. The molecule has 11 heteroatoms. The third-order valence-electron chi connectivity index (χ3n) is 7.63. The van der Waals surface area contributed by atoms with Crippen molar-refractivity contribution >= 4 is 95.6 Å². The lowest BCUT2D eigenvalue weighted by Gasteiger charge is -2.55. The van der Waals surface area contributed by atoms with Crippen molar-refractivity contribution in [3.63, 3.8) is 0 Å². The Morgan fingerprint density at radius 1 is 0.667 bits per heavy atom. The molecule has 0 bridgehead atoms. The van der Waals surface area contributed by atoms with Gasteiger partial charge in [0.25, 0.3) is 0 Å². The highest BCUT2D eigenvalue weighted by molar-refractivity contribution is 9.26. The first-order valence-electron chi connectivity index (χ1n) is 12.8. The van der Waals surface area contributed by atoms with Crippen molar-refractivity contribution in [1.29, 1.82) is 0 Å². The second kappa shape index (κ2) is 13.6. The molecule has 4 unspecified atom stereocenters. The summed E-state index contributed by atoms with van der Waals surface area (Å²) in [7, 11) is 0. The van der Waals surface area contributed by atoms with Crippen molar-refractivity contribution in [3.8, 4) is 11.5 Å². The summed E-state index contributed by atoms with van der Waals surface area (Å²) >= 11 is 23.2. The van der Waals surface area contributed by atoms with Gasteiger partial charge in [-0.05, 0) is 101 Å². The molecule has 39 heavy (non-hydrogen) atoms. The molecule has 4 rings (SSSR count). The summed E-state index contributed by atoms with van der Waals surface area (Å²) in [5.74, 6) is 1.46. The van der Waals surface area contributed by atoms with E-state index in [1.807, 2.05) is 60.7 Å². The molecule has 0 amide bonds. The van der Waals surface area contributed by atoms with Crippen molar-refractivity contribution in [3.05, 3.63) is 60.7 Å². The molecule has 0 spiro atoms. The Bertz CT molecular complexity index is 954. The molecule has 2 aliphatic heterocycles. The summed E-state index contributed by atoms with van der Waals surface area (Å²) in [4.78, 5) is -0.609. The molecule has 2 aromatic carbocycles. The minimum absolute atomic E-state index is 0.215. The summed E-state index contributed by atoms with van der Waals surface area (Å²) < 4.78 is 29.7. The number of hydrogen-bond donors (Lipinski definition) is 0. The number of benzene rings is 2. The van der Waals surface area contributed by atoms with E-state index in [-0.39, 0.29) is 32.7 Å². The largest absolute Gasteiger partial charge is 0.465 e. The Morgan fingerprint density at radius 2 is 1.00 bits per heavy atom. The lowest BCUT2D eigenvalue weighted by Crippen LogP contribution is -2.65. The van der Waals surface area contributed by atoms with Crippen LogP contribution in [0.25, 0.3) is 0 Å². The molecular weight excluding hydrogens is 896 g/mol. The minimum atomic E-state index is -0.952. The first-order chi connectivity index (χ1) is 18.5. The van der Waals surface area contributed by atoms with E-state index in [0.29, 0.717) is 26.4 Å². The second-order valence-corrected chi connectivity index (χ2v) is 19.0. The van der Waals surface area contributed by atoms with Gasteiger partial charge in [-0.25, -0.2) is 0 Å². The number of ether oxygens (including phenoxy) is 5. The van der Waals surface area contributed by atoms with Crippen LogP contribution < -0.4 is 9.47 Å². The predicted molar refractivity (Wildman–Crippen MR) is 176 cm³/mol. The fourth-order valence-electron chi connectivity index (χ4n) is 4.83. The molecule has 0 aliphatic carbocycles. The van der Waals surface area contributed by atoms with E-state index in [0.717, 1.165) is 24.3 Å². The normalized spacial score (nSPS) is 21.5. The second-order valence-electron chi connectivity index (χ2n) is 10.2. The van der Waals surface area contributed by atoms with Gasteiger partial charge in [-0.1, -0.05) is 82.1 Å². The molecule has 2 aliphatic rings. The van der Waals surface area contributed by atoms with Gasteiger partial charge in [0.15, 0.2) is 0 Å². The third-order valence-corrected chi connectivity index (χ3v) is 15.0. The zero-order valence-corrected chi connectivity index (χ0v) is 31.2. The monoisotopic (exact) mass is 922 g/mol. The Balaban J connectivity index is 1.67. The smallest absolute Gasteiger partial charge is 0.232 e. The van der Waals surface area contributed by atoms with Crippen LogP contribution in [-0.2, 0) is 14.2 Å². The zero-order chi connectivity index (χ0) is 28.3. The van der Waals surface area contributed by atoms with Crippen LogP contribution in [0.2, 0.25) is 0 Å². The van der Waals surface area contributed by atoms with Crippen molar-refractivity contribution in [1.82, 2.24) is 0 Å². The molecule has 2 fully saturated rings. The zero-order valence-electron chi connectivity index (χ0n) is 21.6. The molecule has 0 saturated carbocycles. The van der Waals surface area contributed by atoms with Crippen molar-refractivity contribution < 1.29 is 23.7 Å². The van der Waals surface area contributed by atoms with E-state index in [4.69, 9.17) is 23.7 Å². The number of alkyl halides is 6. The molecule has 216 valence electrons. The van der Waals surface area contributed by atoms with Crippen molar-refractivity contribution in [2.24, 2.45) is 10.8 Å². The summed E-state index contributed by atoms with van der Waals surface area (Å²) in [5.41, 5.74) is -0.430. The van der Waals surface area contributed by atoms with Crippen molar-refractivity contribution in [2.45, 2.75) is 55.4 Å². The van der Waals surface area contributed by atoms with Crippen LogP contribution in [0.15, 0.2) is 60.7 Å². The highest BCUT2D eigenvalue weighted by Gasteiger charge is 2.59. The number of para-hydroxylation sites is 2. The standard InChI is InChI=1S/C28H32Br6O5/c1-3-25(15-35-16-25)23(21(29)27(31,32)38-19-11-7-5-8-12-19)37-24(26(4-2)17-36-18-26)22(30)28(33,34)39-20-13-9-6-10-14-20/h5-14,21-24H,3-4,15-18H2,1-2H3. The number of rotatable bonds is 14. The van der Waals surface area contributed by atoms with Crippen LogP contribution >= 0.6 is 95.6 Å². The Labute approximate surface area is 281 Å². The number of halogens is 6. The third kappa shape index (κ3) is 7.31. The fraction of sp³-hybridized carbons (Fsp3) is 0.571. The summed E-state index contributed by atoms with van der Waals surface area (Å²) in [6.07, 6.45) is 1.15. The van der Waals surface area contributed by atoms with Gasteiger partial charge >= 0.3 is 0 Å². The van der Waals surface area contributed by atoms with Gasteiger partial charge < -0.3 is 23.7 Å². The van der Waals surface area contributed by atoms with Crippen LogP contribution in [0.3, 0.4) is 0 Å². The van der Waals surface area contributed by atoms with Crippen LogP contribution in [0.1, 0.15) is 26.7 Å². The molecule has 2 aromatic rings. The first-order valence-corrected chi connectivity index (χ1v) is 17.8. The lowest BCUT2D eigenvalue weighted by molar-refractivity contribution is -0.251. The van der Waals surface area contributed by atoms with Crippen LogP contribution in [0.4, 0.5) is 0 Å². The van der Waals surface area contributed by atoms with Gasteiger partial charge in [0, 0.05) is 10.8 Å². The van der Waals surface area contributed by atoms with Crippen molar-refractivity contribution in [2.75, 3.05) is 26.4 Å². The molecule has 2 saturated heterocycles. The Hall–Kier alpha value is 0.800. The maximum Gasteiger partial charge on any atom is 0.232 e. The SMILES string of the molecule is CCC1(C(OC(C(Br)C(Br)(Br)Oc2ccccc2)C2(CC)COC2)C(Br)C(Br)(Br)Oc2ccccc2)COC1. The quantitative estimate of drug-likeness (QED) is 0.177. The maximum absolute atomic E-state index is 7.28. The Morgan fingerprint density at radius 3 is 1.26 bits per heavy atom. The van der Waals surface area contributed by atoms with E-state index in [9.17, 15) is 0 Å². The maximum atomic E-state index is 7.28. The highest BCUT2D eigenvalue weighted by Crippen LogP contribution is 2.53. The van der Waals surface area contributed by atoms with E-state index in [2.05, 4.69) is 109 Å². The van der Waals surface area contributed by atoms with E-state index < -0.39 is 6.84 Å². The average Bonchev–Trinajstić information content (AvgIpc) is 2.86. The van der Waals surface area contributed by atoms with Crippen LogP contribution in [-0.4, -0.2) is 55.1 Å². The predicted octanol–water partition coefficient (Wildman–Crippen LogP) is 9.17. The lowest BCUT2D eigenvalue weighted by atomic mass is 9.73. The summed E-state index contributed by atoms with van der Waals surface area (Å²) in [6, 6.07) is 19.4. The summed E-state index contributed by atoms with van der Waals surface area (Å²) in [5, 5.41) is 0. The van der Waals surface area contributed by atoms with Gasteiger partial charge in [0.05, 0.1) is 38.6 Å². The van der Waals surface area contributed by atoms with Gasteiger partial charge in [-0.2, -0.15) is 0 Å². The van der Waals surface area contributed by atoms with Gasteiger partial charge in [0.2, 0.25) is 6.84 Å². The molecule has 0 aromatic heterocycles. The molecule has 4 atom stereocenters. The molecular formula is C28H32Br6O5. The molecule has 5 nitrogen and oxygen atoms in total. The minimum Gasteiger partial charge on any atom is -0.465 e. The van der Waals surface area contributed by atoms with E-state index >= 15 is 0 Å². The van der Waals surface area contributed by atoms with Crippen LogP contribution in [0.5, 0.6) is 11.5 Å². The molecule has 2 heterocycles. The first kappa shape index (κ1) is 32.7. The van der Waals surface area contributed by atoms with E-state index in [1.54, 1.807) is 0 Å².